The van der Waals surface area contributed by atoms with Crippen molar-refractivity contribution in [1.29, 1.82) is 0 Å². The smallest absolute Gasteiger partial charge is 0.259 e. The first kappa shape index (κ1) is 21.2. The molecule has 0 aliphatic carbocycles. The van der Waals surface area contributed by atoms with Crippen molar-refractivity contribution >= 4 is 18.0 Å². The number of hydrazone groups is 1. The molecule has 2 amide bonds. The van der Waals surface area contributed by atoms with E-state index in [1.807, 2.05) is 23.1 Å². The van der Waals surface area contributed by atoms with Crippen molar-refractivity contribution < 1.29 is 14.7 Å². The topological polar surface area (TPSA) is 98.1 Å². The number of benzene rings is 1. The minimum absolute atomic E-state index is 0.0594. The molecule has 0 radical (unpaired) electrons. The van der Waals surface area contributed by atoms with Crippen LogP contribution >= 0.6 is 0 Å². The standard InChI is InChI=1S/C22H25N5O3/c1-2-6-17-7-5-8-18(22(17)30)13-24-25-20(28)15-27-12-11-26(16-21(27)29)14-19-9-3-4-10-23-19/h2-5,7-10,13,30H,1,6,11-12,14-16H2,(H,25,28)/b24-13+. The van der Waals surface area contributed by atoms with Crippen LogP contribution in [-0.4, -0.2) is 64.1 Å². The maximum Gasteiger partial charge on any atom is 0.259 e. The number of rotatable bonds is 8. The van der Waals surface area contributed by atoms with Crippen LogP contribution in [0.25, 0.3) is 0 Å². The number of carbonyl (C=O) groups is 2. The minimum Gasteiger partial charge on any atom is -0.507 e. The van der Waals surface area contributed by atoms with E-state index in [2.05, 4.69) is 22.1 Å². The molecule has 1 aliphatic heterocycles. The number of hydrogen-bond acceptors (Lipinski definition) is 6. The van der Waals surface area contributed by atoms with Gasteiger partial charge in [0.15, 0.2) is 0 Å². The molecule has 8 nitrogen and oxygen atoms in total. The number of nitrogens with one attached hydrogen (secondary N) is 1. The summed E-state index contributed by atoms with van der Waals surface area (Å²) in [6.45, 7) is 5.58. The lowest BCUT2D eigenvalue weighted by Crippen LogP contribution is -2.52. The molecular formula is C22H25N5O3. The van der Waals surface area contributed by atoms with E-state index in [4.69, 9.17) is 0 Å². The van der Waals surface area contributed by atoms with Gasteiger partial charge in [0.2, 0.25) is 5.91 Å². The molecule has 2 heterocycles. The summed E-state index contributed by atoms with van der Waals surface area (Å²) in [6, 6.07) is 11.0. The number of phenolic OH excluding ortho intramolecular Hbond substituents is 1. The second kappa shape index (κ2) is 10.3. The number of piperazine rings is 1. The predicted molar refractivity (Wildman–Crippen MR) is 114 cm³/mol. The third-order valence-electron chi connectivity index (χ3n) is 4.75. The minimum atomic E-state index is -0.389. The summed E-state index contributed by atoms with van der Waals surface area (Å²) in [4.78, 5) is 32.3. The molecule has 0 bridgehead atoms. The zero-order valence-corrected chi connectivity index (χ0v) is 16.7. The quantitative estimate of drug-likeness (QED) is 0.391. The van der Waals surface area contributed by atoms with Crippen LogP contribution in [0.5, 0.6) is 5.75 Å². The predicted octanol–water partition coefficient (Wildman–Crippen LogP) is 1.31. The van der Waals surface area contributed by atoms with Gasteiger partial charge in [0.1, 0.15) is 12.3 Å². The fourth-order valence-corrected chi connectivity index (χ4v) is 3.20. The van der Waals surface area contributed by atoms with Gasteiger partial charge in [0.05, 0.1) is 18.5 Å². The van der Waals surface area contributed by atoms with Crippen LogP contribution in [-0.2, 0) is 22.6 Å². The number of hydrogen-bond donors (Lipinski definition) is 2. The summed E-state index contributed by atoms with van der Waals surface area (Å²) in [6.07, 6.45) is 5.35. The first-order valence-corrected chi connectivity index (χ1v) is 9.70. The van der Waals surface area contributed by atoms with Crippen LogP contribution in [0.1, 0.15) is 16.8 Å². The van der Waals surface area contributed by atoms with E-state index in [0.29, 0.717) is 31.6 Å². The van der Waals surface area contributed by atoms with Crippen molar-refractivity contribution in [2.45, 2.75) is 13.0 Å². The highest BCUT2D eigenvalue weighted by Crippen LogP contribution is 2.21. The summed E-state index contributed by atoms with van der Waals surface area (Å²) < 4.78 is 0. The molecule has 2 aromatic rings. The van der Waals surface area contributed by atoms with Gasteiger partial charge in [-0.3, -0.25) is 19.5 Å². The lowest BCUT2D eigenvalue weighted by Gasteiger charge is -2.33. The summed E-state index contributed by atoms with van der Waals surface area (Å²) >= 11 is 0. The molecular weight excluding hydrogens is 382 g/mol. The molecule has 1 aromatic heterocycles. The lowest BCUT2D eigenvalue weighted by atomic mass is 10.1. The largest absolute Gasteiger partial charge is 0.507 e. The number of pyridine rings is 1. The molecule has 156 valence electrons. The number of allylic oxidation sites excluding steroid dienone is 1. The molecule has 0 unspecified atom stereocenters. The van der Waals surface area contributed by atoms with Gasteiger partial charge in [-0.05, 0) is 30.2 Å². The van der Waals surface area contributed by atoms with Crippen LogP contribution in [0.3, 0.4) is 0 Å². The average Bonchev–Trinajstić information content (AvgIpc) is 2.74. The Bertz CT molecular complexity index is 930. The maximum absolute atomic E-state index is 12.4. The van der Waals surface area contributed by atoms with Gasteiger partial charge in [-0.2, -0.15) is 5.10 Å². The normalized spacial score (nSPS) is 14.8. The second-order valence-corrected chi connectivity index (χ2v) is 6.99. The first-order chi connectivity index (χ1) is 14.6. The number of para-hydroxylation sites is 1. The zero-order chi connectivity index (χ0) is 21.3. The summed E-state index contributed by atoms with van der Waals surface area (Å²) in [5, 5.41) is 14.1. The monoisotopic (exact) mass is 407 g/mol. The molecule has 0 saturated carbocycles. The van der Waals surface area contributed by atoms with Crippen molar-refractivity contribution in [2.75, 3.05) is 26.2 Å². The Morgan fingerprint density at radius 1 is 1.27 bits per heavy atom. The van der Waals surface area contributed by atoms with Crippen molar-refractivity contribution in [3.05, 3.63) is 72.1 Å². The van der Waals surface area contributed by atoms with Crippen molar-refractivity contribution in [3.63, 3.8) is 0 Å². The fraction of sp³-hybridized carbons (Fsp3) is 0.273. The SMILES string of the molecule is C=CCc1cccc(/C=N/NC(=O)CN2CCN(Cc3ccccn3)CC2=O)c1O. The summed E-state index contributed by atoms with van der Waals surface area (Å²) in [7, 11) is 0. The van der Waals surface area contributed by atoms with E-state index < -0.39 is 0 Å². The van der Waals surface area contributed by atoms with Crippen LogP contribution in [0, 0.1) is 0 Å². The van der Waals surface area contributed by atoms with Gasteiger partial charge in [-0.15, -0.1) is 6.58 Å². The van der Waals surface area contributed by atoms with E-state index in [-0.39, 0.29) is 30.7 Å². The van der Waals surface area contributed by atoms with Crippen molar-refractivity contribution in [2.24, 2.45) is 5.10 Å². The van der Waals surface area contributed by atoms with E-state index in [1.54, 1.807) is 30.5 Å². The number of carbonyl (C=O) groups excluding carboxylic acids is 2. The Morgan fingerprint density at radius 3 is 2.87 bits per heavy atom. The fourth-order valence-electron chi connectivity index (χ4n) is 3.20. The zero-order valence-electron chi connectivity index (χ0n) is 16.7. The molecule has 1 fully saturated rings. The highest BCUT2D eigenvalue weighted by molar-refractivity contribution is 5.88. The number of amides is 2. The van der Waals surface area contributed by atoms with Gasteiger partial charge in [0.25, 0.3) is 5.91 Å². The molecule has 1 aliphatic rings. The molecule has 2 N–H and O–H groups in total. The Labute approximate surface area is 175 Å². The number of aromatic nitrogens is 1. The van der Waals surface area contributed by atoms with Gasteiger partial charge in [-0.1, -0.05) is 24.3 Å². The first-order valence-electron chi connectivity index (χ1n) is 9.70. The Balaban J connectivity index is 1.47. The Morgan fingerprint density at radius 2 is 2.13 bits per heavy atom. The van der Waals surface area contributed by atoms with E-state index in [9.17, 15) is 14.7 Å². The second-order valence-electron chi connectivity index (χ2n) is 6.99. The summed E-state index contributed by atoms with van der Waals surface area (Å²) in [5.41, 5.74) is 4.54. The highest BCUT2D eigenvalue weighted by Gasteiger charge is 2.25. The Kier molecular flexibility index (Phi) is 7.29. The highest BCUT2D eigenvalue weighted by atomic mass is 16.3. The van der Waals surface area contributed by atoms with Crippen LogP contribution in [0.2, 0.25) is 0 Å². The third kappa shape index (κ3) is 5.74. The Hall–Kier alpha value is -3.52. The van der Waals surface area contributed by atoms with Crippen molar-refractivity contribution in [1.82, 2.24) is 20.2 Å². The molecule has 1 saturated heterocycles. The average molecular weight is 407 g/mol. The number of nitrogens with zero attached hydrogens (tertiary/aromatic N) is 4. The van der Waals surface area contributed by atoms with E-state index >= 15 is 0 Å². The lowest BCUT2D eigenvalue weighted by molar-refractivity contribution is -0.140. The van der Waals surface area contributed by atoms with Crippen molar-refractivity contribution in [3.8, 4) is 5.75 Å². The summed E-state index contributed by atoms with van der Waals surface area (Å²) in [5.74, 6) is -0.389. The van der Waals surface area contributed by atoms with Gasteiger partial charge in [0, 0.05) is 31.4 Å². The molecule has 0 atom stereocenters. The van der Waals surface area contributed by atoms with Crippen LogP contribution < -0.4 is 5.43 Å². The van der Waals surface area contributed by atoms with Gasteiger partial charge >= 0.3 is 0 Å². The number of phenols is 1. The van der Waals surface area contributed by atoms with Gasteiger partial charge in [-0.25, -0.2) is 5.43 Å². The molecule has 0 spiro atoms. The van der Waals surface area contributed by atoms with E-state index in [0.717, 1.165) is 11.3 Å². The number of aromatic hydroxyl groups is 1. The van der Waals surface area contributed by atoms with Gasteiger partial charge < -0.3 is 10.0 Å². The molecule has 1 aromatic carbocycles. The third-order valence-corrected chi connectivity index (χ3v) is 4.75. The van der Waals surface area contributed by atoms with Crippen LogP contribution in [0.15, 0.2) is 60.4 Å². The molecule has 30 heavy (non-hydrogen) atoms. The molecule has 3 rings (SSSR count). The van der Waals surface area contributed by atoms with E-state index in [1.165, 1.54) is 11.1 Å². The maximum atomic E-state index is 12.4. The molecule has 8 heteroatoms. The van der Waals surface area contributed by atoms with Crippen LogP contribution in [0.4, 0.5) is 0 Å².